The molecule has 10 nitrogen and oxygen atoms in total. The van der Waals surface area contributed by atoms with Gasteiger partial charge in [0.2, 0.25) is 5.89 Å². The van der Waals surface area contributed by atoms with Crippen LogP contribution in [0.4, 0.5) is 0 Å². The van der Waals surface area contributed by atoms with E-state index in [-0.39, 0.29) is 6.04 Å². The van der Waals surface area contributed by atoms with Crippen molar-refractivity contribution in [1.29, 1.82) is 0 Å². The molecule has 1 aliphatic heterocycles. The molecule has 1 unspecified atom stereocenters. The summed E-state index contributed by atoms with van der Waals surface area (Å²) in [6.45, 7) is 4.57. The quantitative estimate of drug-likeness (QED) is 0.660. The van der Waals surface area contributed by atoms with Crippen LogP contribution in [-0.2, 0) is 11.2 Å². The van der Waals surface area contributed by atoms with Gasteiger partial charge in [0.25, 0.3) is 0 Å². The summed E-state index contributed by atoms with van der Waals surface area (Å²) < 4.78 is 14.4. The van der Waals surface area contributed by atoms with E-state index in [4.69, 9.17) is 9.26 Å². The Morgan fingerprint density at radius 1 is 1.37 bits per heavy atom. The van der Waals surface area contributed by atoms with Gasteiger partial charge in [-0.05, 0) is 32.9 Å². The van der Waals surface area contributed by atoms with E-state index in [9.17, 15) is 0 Å². The van der Waals surface area contributed by atoms with Crippen LogP contribution in [0.15, 0.2) is 23.1 Å². The van der Waals surface area contributed by atoms with E-state index in [1.54, 1.807) is 13.3 Å². The summed E-state index contributed by atoms with van der Waals surface area (Å²) in [6.07, 6.45) is 8.34. The second kappa shape index (κ2) is 7.97. The third kappa shape index (κ3) is 3.76. The SMILES string of the molecule is COCCc1noc(C(C)n2ccnc2-c2cn(C3CCNCC3)nn2)n1. The number of nitrogens with zero attached hydrogens (tertiary/aromatic N) is 7. The molecule has 0 aromatic carbocycles. The Balaban J connectivity index is 1.54. The lowest BCUT2D eigenvalue weighted by atomic mass is 10.1. The Morgan fingerprint density at radius 3 is 3.04 bits per heavy atom. The monoisotopic (exact) mass is 372 g/mol. The van der Waals surface area contributed by atoms with Gasteiger partial charge in [0.05, 0.1) is 18.8 Å². The summed E-state index contributed by atoms with van der Waals surface area (Å²) in [6, 6.07) is 0.225. The fourth-order valence-corrected chi connectivity index (χ4v) is 3.30. The van der Waals surface area contributed by atoms with Crippen LogP contribution in [0.2, 0.25) is 0 Å². The maximum atomic E-state index is 5.43. The minimum Gasteiger partial charge on any atom is -0.384 e. The minimum absolute atomic E-state index is 0.157. The van der Waals surface area contributed by atoms with E-state index in [2.05, 4.69) is 30.8 Å². The van der Waals surface area contributed by atoms with Crippen LogP contribution >= 0.6 is 0 Å². The van der Waals surface area contributed by atoms with Crippen molar-refractivity contribution < 1.29 is 9.26 Å². The Bertz CT molecular complexity index is 864. The average molecular weight is 372 g/mol. The molecule has 1 atom stereocenters. The van der Waals surface area contributed by atoms with Crippen LogP contribution in [0.5, 0.6) is 0 Å². The fourth-order valence-electron chi connectivity index (χ4n) is 3.30. The summed E-state index contributed by atoms with van der Waals surface area (Å²) in [5, 5.41) is 16.1. The molecule has 1 fully saturated rings. The topological polar surface area (TPSA) is 109 Å². The van der Waals surface area contributed by atoms with Crippen LogP contribution in [0.3, 0.4) is 0 Å². The molecular weight excluding hydrogens is 348 g/mol. The van der Waals surface area contributed by atoms with E-state index in [1.165, 1.54) is 0 Å². The molecule has 144 valence electrons. The zero-order chi connectivity index (χ0) is 18.6. The molecule has 0 spiro atoms. The van der Waals surface area contributed by atoms with E-state index in [1.807, 2.05) is 28.6 Å². The van der Waals surface area contributed by atoms with Crippen LogP contribution in [0.1, 0.15) is 43.6 Å². The second-order valence-electron chi connectivity index (χ2n) is 6.69. The fraction of sp³-hybridized carbons (Fsp3) is 0.588. The minimum atomic E-state index is -0.157. The van der Waals surface area contributed by atoms with Crippen molar-refractivity contribution >= 4 is 0 Å². The number of methoxy groups -OCH3 is 1. The maximum absolute atomic E-state index is 5.43. The summed E-state index contributed by atoms with van der Waals surface area (Å²) in [7, 11) is 1.65. The van der Waals surface area contributed by atoms with Gasteiger partial charge < -0.3 is 19.1 Å². The van der Waals surface area contributed by atoms with Gasteiger partial charge >= 0.3 is 0 Å². The molecule has 0 saturated carbocycles. The molecule has 0 amide bonds. The first kappa shape index (κ1) is 17.8. The van der Waals surface area contributed by atoms with Crippen LogP contribution in [0, 0.1) is 0 Å². The molecule has 4 heterocycles. The summed E-state index contributed by atoms with van der Waals surface area (Å²) in [5.41, 5.74) is 0.740. The van der Waals surface area contributed by atoms with Gasteiger partial charge in [-0.2, -0.15) is 4.98 Å². The summed E-state index contributed by atoms with van der Waals surface area (Å²) in [4.78, 5) is 8.94. The zero-order valence-corrected chi connectivity index (χ0v) is 15.6. The number of nitrogens with one attached hydrogen (secondary N) is 1. The van der Waals surface area contributed by atoms with Gasteiger partial charge in [0.15, 0.2) is 11.6 Å². The predicted octanol–water partition coefficient (Wildman–Crippen LogP) is 1.25. The van der Waals surface area contributed by atoms with Crippen LogP contribution < -0.4 is 5.32 Å². The average Bonchev–Trinajstić information content (AvgIpc) is 3.46. The van der Waals surface area contributed by atoms with Gasteiger partial charge in [-0.25, -0.2) is 9.67 Å². The first-order valence-corrected chi connectivity index (χ1v) is 9.23. The molecule has 3 aromatic rings. The van der Waals surface area contributed by atoms with E-state index in [0.29, 0.717) is 30.8 Å². The van der Waals surface area contributed by atoms with Crippen molar-refractivity contribution in [1.82, 2.24) is 40.0 Å². The molecule has 0 radical (unpaired) electrons. The van der Waals surface area contributed by atoms with Crippen molar-refractivity contribution in [2.45, 2.75) is 38.3 Å². The van der Waals surface area contributed by atoms with Crippen molar-refractivity contribution in [2.75, 3.05) is 26.8 Å². The maximum Gasteiger partial charge on any atom is 0.249 e. The smallest absolute Gasteiger partial charge is 0.249 e. The molecule has 4 rings (SSSR count). The molecule has 0 bridgehead atoms. The Hall–Kier alpha value is -2.59. The Morgan fingerprint density at radius 2 is 2.22 bits per heavy atom. The lowest BCUT2D eigenvalue weighted by Crippen LogP contribution is -2.29. The van der Waals surface area contributed by atoms with Gasteiger partial charge in [-0.1, -0.05) is 10.4 Å². The Labute approximate surface area is 156 Å². The second-order valence-corrected chi connectivity index (χ2v) is 6.69. The van der Waals surface area contributed by atoms with Crippen molar-refractivity contribution in [3.63, 3.8) is 0 Å². The van der Waals surface area contributed by atoms with E-state index < -0.39 is 0 Å². The molecule has 1 aliphatic rings. The van der Waals surface area contributed by atoms with Crippen molar-refractivity contribution in [2.24, 2.45) is 0 Å². The number of hydrogen-bond acceptors (Lipinski definition) is 8. The predicted molar refractivity (Wildman–Crippen MR) is 96.1 cm³/mol. The van der Waals surface area contributed by atoms with Crippen LogP contribution in [0.25, 0.3) is 11.5 Å². The molecule has 27 heavy (non-hydrogen) atoms. The van der Waals surface area contributed by atoms with Crippen LogP contribution in [-0.4, -0.2) is 61.5 Å². The summed E-state index contributed by atoms with van der Waals surface area (Å²) in [5.74, 6) is 1.91. The highest BCUT2D eigenvalue weighted by atomic mass is 16.5. The number of ether oxygens (including phenoxy) is 1. The lowest BCUT2D eigenvalue weighted by Gasteiger charge is -2.22. The van der Waals surface area contributed by atoms with Gasteiger partial charge in [-0.3, -0.25) is 0 Å². The van der Waals surface area contributed by atoms with Gasteiger partial charge in [0.1, 0.15) is 11.7 Å². The standard InChI is InChI=1S/C17H24N8O2/c1-12(17-20-15(22-27-17)5-10-26-2)24-9-8-19-16(24)14-11-25(23-21-14)13-3-6-18-7-4-13/h8-9,11-13,18H,3-7,10H2,1-2H3. The number of hydrogen-bond donors (Lipinski definition) is 1. The Kier molecular flexibility index (Phi) is 5.26. The lowest BCUT2D eigenvalue weighted by molar-refractivity contribution is 0.199. The number of imidazole rings is 1. The first-order valence-electron chi connectivity index (χ1n) is 9.23. The van der Waals surface area contributed by atoms with Crippen molar-refractivity contribution in [3.8, 4) is 11.5 Å². The highest BCUT2D eigenvalue weighted by molar-refractivity contribution is 5.48. The number of rotatable bonds is 7. The summed E-state index contributed by atoms with van der Waals surface area (Å²) >= 11 is 0. The molecule has 1 N–H and O–H groups in total. The van der Waals surface area contributed by atoms with E-state index in [0.717, 1.165) is 37.4 Å². The molecule has 3 aromatic heterocycles. The molecule has 10 heteroatoms. The normalized spacial score (nSPS) is 16.7. The third-order valence-electron chi connectivity index (χ3n) is 4.88. The molecular formula is C17H24N8O2. The third-order valence-corrected chi connectivity index (χ3v) is 4.88. The highest BCUT2D eigenvalue weighted by Gasteiger charge is 2.22. The number of aromatic nitrogens is 7. The highest BCUT2D eigenvalue weighted by Crippen LogP contribution is 2.25. The number of piperidine rings is 1. The molecule has 0 aliphatic carbocycles. The van der Waals surface area contributed by atoms with Crippen molar-refractivity contribution in [3.05, 3.63) is 30.3 Å². The largest absolute Gasteiger partial charge is 0.384 e. The van der Waals surface area contributed by atoms with Gasteiger partial charge in [0, 0.05) is 25.9 Å². The van der Waals surface area contributed by atoms with Gasteiger partial charge in [-0.15, -0.1) is 5.10 Å². The zero-order valence-electron chi connectivity index (χ0n) is 15.6. The van der Waals surface area contributed by atoms with E-state index >= 15 is 0 Å². The molecule has 1 saturated heterocycles. The first-order chi connectivity index (χ1) is 13.3.